The average molecular weight is 402 g/mol. The fraction of sp³-hybridized carbons (Fsp3) is 0.429. The van der Waals surface area contributed by atoms with Crippen LogP contribution < -0.4 is 5.32 Å². The van der Waals surface area contributed by atoms with Gasteiger partial charge in [-0.3, -0.25) is 4.79 Å². The van der Waals surface area contributed by atoms with Crippen molar-refractivity contribution in [2.45, 2.75) is 24.0 Å². The predicted octanol–water partition coefficient (Wildman–Crippen LogP) is 1.10. The van der Waals surface area contributed by atoms with Crippen molar-refractivity contribution in [3.8, 4) is 5.69 Å². The maximum Gasteiger partial charge on any atom is 0.230 e. The van der Waals surface area contributed by atoms with Crippen molar-refractivity contribution in [3.05, 3.63) is 29.3 Å². The van der Waals surface area contributed by atoms with Crippen LogP contribution in [0, 0.1) is 0 Å². The molecule has 2 heterocycles. The highest BCUT2D eigenvalue weighted by Gasteiger charge is 2.39. The Bertz CT molecular complexity index is 901. The van der Waals surface area contributed by atoms with Gasteiger partial charge in [0.25, 0.3) is 0 Å². The van der Waals surface area contributed by atoms with Crippen LogP contribution in [-0.4, -0.2) is 57.3 Å². The molecular formula is C14H16ClN5O3S2. The number of hydrogen-bond acceptors (Lipinski definition) is 7. The first-order chi connectivity index (χ1) is 11.8. The first-order valence-corrected chi connectivity index (χ1v) is 10.6. The molecule has 0 aliphatic carbocycles. The number of aromatic nitrogens is 4. The molecule has 2 aromatic rings. The normalized spacial score (nSPS) is 22.0. The highest BCUT2D eigenvalue weighted by molar-refractivity contribution is 7.99. The van der Waals surface area contributed by atoms with E-state index in [9.17, 15) is 13.2 Å². The molecule has 0 unspecified atom stereocenters. The molecule has 1 saturated heterocycles. The van der Waals surface area contributed by atoms with Crippen LogP contribution in [0.1, 0.15) is 13.3 Å². The third kappa shape index (κ3) is 4.50. The molecule has 1 fully saturated rings. The van der Waals surface area contributed by atoms with E-state index in [1.807, 2.05) is 0 Å². The molecule has 11 heteroatoms. The van der Waals surface area contributed by atoms with Crippen LogP contribution in [0.4, 0.5) is 0 Å². The van der Waals surface area contributed by atoms with E-state index in [0.29, 0.717) is 22.3 Å². The van der Waals surface area contributed by atoms with E-state index in [0.717, 1.165) is 0 Å². The fourth-order valence-electron chi connectivity index (χ4n) is 2.65. The highest BCUT2D eigenvalue weighted by Crippen LogP contribution is 2.24. The Kier molecular flexibility index (Phi) is 5.03. The van der Waals surface area contributed by atoms with Gasteiger partial charge in [0.15, 0.2) is 9.84 Å². The average Bonchev–Trinajstić information content (AvgIpc) is 3.09. The van der Waals surface area contributed by atoms with Crippen molar-refractivity contribution >= 4 is 39.1 Å². The van der Waals surface area contributed by atoms with Crippen LogP contribution in [-0.2, 0) is 14.6 Å². The van der Waals surface area contributed by atoms with E-state index in [1.54, 1.807) is 31.2 Å². The number of rotatable bonds is 5. The first-order valence-electron chi connectivity index (χ1n) is 7.45. The molecule has 25 heavy (non-hydrogen) atoms. The second-order valence-corrected chi connectivity index (χ2v) is 9.66. The molecule has 0 bridgehead atoms. The number of benzene rings is 1. The zero-order chi connectivity index (χ0) is 18.1. The number of amides is 1. The lowest BCUT2D eigenvalue weighted by molar-refractivity contribution is -0.120. The topological polar surface area (TPSA) is 107 Å². The summed E-state index contributed by atoms with van der Waals surface area (Å²) in [6, 6.07) is 7.04. The molecule has 1 aliphatic heterocycles. The summed E-state index contributed by atoms with van der Waals surface area (Å²) in [4.78, 5) is 12.2. The van der Waals surface area contributed by atoms with Gasteiger partial charge < -0.3 is 5.32 Å². The predicted molar refractivity (Wildman–Crippen MR) is 94.7 cm³/mol. The van der Waals surface area contributed by atoms with Crippen LogP contribution in [0.5, 0.6) is 0 Å². The van der Waals surface area contributed by atoms with Gasteiger partial charge in [0, 0.05) is 5.02 Å². The Morgan fingerprint density at radius 1 is 1.48 bits per heavy atom. The molecule has 8 nitrogen and oxygen atoms in total. The number of sulfone groups is 1. The van der Waals surface area contributed by atoms with Gasteiger partial charge in [0.05, 0.1) is 28.5 Å². The van der Waals surface area contributed by atoms with E-state index in [1.165, 1.54) is 16.4 Å². The minimum Gasteiger partial charge on any atom is -0.349 e. The summed E-state index contributed by atoms with van der Waals surface area (Å²) in [6.07, 6.45) is 0.423. The third-order valence-corrected chi connectivity index (χ3v) is 6.83. The molecule has 1 N–H and O–H groups in total. The quantitative estimate of drug-likeness (QED) is 0.747. The fourth-order valence-corrected chi connectivity index (χ4v) is 5.62. The maximum absolute atomic E-state index is 12.2. The number of nitrogens with one attached hydrogen (secondary N) is 1. The second kappa shape index (κ2) is 6.93. The molecule has 1 amide bonds. The zero-order valence-corrected chi connectivity index (χ0v) is 15.7. The molecule has 0 radical (unpaired) electrons. The maximum atomic E-state index is 12.2. The Hall–Kier alpha value is -1.65. The van der Waals surface area contributed by atoms with Crippen LogP contribution in [0.2, 0.25) is 5.02 Å². The molecule has 1 aliphatic rings. The molecular weight excluding hydrogens is 386 g/mol. The van der Waals surface area contributed by atoms with Crippen LogP contribution in [0.15, 0.2) is 29.4 Å². The summed E-state index contributed by atoms with van der Waals surface area (Å²) in [5.41, 5.74) is -0.0238. The molecule has 1 aromatic carbocycles. The minimum atomic E-state index is -3.08. The molecule has 1 atom stereocenters. The smallest absolute Gasteiger partial charge is 0.230 e. The van der Waals surface area contributed by atoms with Crippen LogP contribution >= 0.6 is 23.4 Å². The van der Waals surface area contributed by atoms with Gasteiger partial charge in [-0.25, -0.2) is 8.42 Å². The van der Waals surface area contributed by atoms with Crippen molar-refractivity contribution < 1.29 is 13.2 Å². The third-order valence-electron chi connectivity index (χ3n) is 3.77. The summed E-state index contributed by atoms with van der Waals surface area (Å²) >= 11 is 7.14. The van der Waals surface area contributed by atoms with Gasteiger partial charge in [-0.05, 0) is 42.0 Å². The number of carbonyl (C=O) groups excluding carboxylic acids is 1. The van der Waals surface area contributed by atoms with Crippen molar-refractivity contribution in [2.24, 2.45) is 0 Å². The Morgan fingerprint density at radius 2 is 2.28 bits per heavy atom. The molecule has 3 rings (SSSR count). The largest absolute Gasteiger partial charge is 0.349 e. The van der Waals surface area contributed by atoms with Crippen LogP contribution in [0.3, 0.4) is 0 Å². The van der Waals surface area contributed by atoms with Gasteiger partial charge in [-0.1, -0.05) is 29.4 Å². The van der Waals surface area contributed by atoms with E-state index in [-0.39, 0.29) is 23.2 Å². The Labute approximate surface area is 154 Å². The SMILES string of the molecule is C[C@@]1(NC(=O)CSc2nnnn2-c2cccc(Cl)c2)CCS(=O)(=O)C1. The van der Waals surface area contributed by atoms with E-state index >= 15 is 0 Å². The monoisotopic (exact) mass is 401 g/mol. The summed E-state index contributed by atoms with van der Waals surface area (Å²) < 4.78 is 24.7. The standard InChI is InChI=1S/C14H16ClN5O3S2/c1-14(5-6-25(22,23)9-14)16-12(21)8-24-13-17-18-19-20(13)11-4-2-3-10(15)7-11/h2-4,7H,5-6,8-9H2,1H3,(H,16,21)/t14-/m1/s1. The number of nitrogens with zero attached hydrogens (tertiary/aromatic N) is 4. The molecule has 0 spiro atoms. The summed E-state index contributed by atoms with van der Waals surface area (Å²) in [5, 5.41) is 15.3. The number of thioether (sulfide) groups is 1. The molecule has 0 saturated carbocycles. The van der Waals surface area contributed by atoms with Crippen molar-refractivity contribution in [3.63, 3.8) is 0 Å². The number of tetrazole rings is 1. The van der Waals surface area contributed by atoms with Crippen molar-refractivity contribution in [1.29, 1.82) is 0 Å². The van der Waals surface area contributed by atoms with Gasteiger partial charge in [0.1, 0.15) is 0 Å². The van der Waals surface area contributed by atoms with Gasteiger partial charge in [-0.15, -0.1) is 5.10 Å². The van der Waals surface area contributed by atoms with Gasteiger partial charge >= 0.3 is 0 Å². The van der Waals surface area contributed by atoms with Crippen molar-refractivity contribution in [1.82, 2.24) is 25.5 Å². The zero-order valence-electron chi connectivity index (χ0n) is 13.3. The lowest BCUT2D eigenvalue weighted by atomic mass is 10.0. The lowest BCUT2D eigenvalue weighted by Gasteiger charge is -2.23. The van der Waals surface area contributed by atoms with E-state index in [2.05, 4.69) is 20.8 Å². The van der Waals surface area contributed by atoms with E-state index < -0.39 is 15.4 Å². The summed E-state index contributed by atoms with van der Waals surface area (Å²) in [5.74, 6) is -0.109. The highest BCUT2D eigenvalue weighted by atomic mass is 35.5. The Balaban J connectivity index is 1.63. The summed E-state index contributed by atoms with van der Waals surface area (Å²) in [6.45, 7) is 1.75. The van der Waals surface area contributed by atoms with Gasteiger partial charge in [-0.2, -0.15) is 4.68 Å². The first kappa shape index (κ1) is 18.2. The molecule has 1 aromatic heterocycles. The number of halogens is 1. The minimum absolute atomic E-state index is 0.0311. The molecule has 134 valence electrons. The van der Waals surface area contributed by atoms with E-state index in [4.69, 9.17) is 11.6 Å². The second-order valence-electron chi connectivity index (χ2n) is 6.09. The lowest BCUT2D eigenvalue weighted by Crippen LogP contribution is -2.47. The van der Waals surface area contributed by atoms with Gasteiger partial charge in [0.2, 0.25) is 11.1 Å². The Morgan fingerprint density at radius 3 is 2.96 bits per heavy atom. The summed E-state index contributed by atoms with van der Waals surface area (Å²) in [7, 11) is -3.08. The van der Waals surface area contributed by atoms with Crippen LogP contribution in [0.25, 0.3) is 5.69 Å². The number of carbonyl (C=O) groups is 1. The number of hydrogen-bond donors (Lipinski definition) is 1. The van der Waals surface area contributed by atoms with Crippen molar-refractivity contribution in [2.75, 3.05) is 17.3 Å².